The highest BCUT2D eigenvalue weighted by molar-refractivity contribution is 5.98. The van der Waals surface area contributed by atoms with E-state index in [0.29, 0.717) is 35.4 Å². The van der Waals surface area contributed by atoms with E-state index in [2.05, 4.69) is 15.2 Å². The van der Waals surface area contributed by atoms with Crippen molar-refractivity contribution in [2.75, 3.05) is 11.4 Å². The molecule has 1 atom stereocenters. The summed E-state index contributed by atoms with van der Waals surface area (Å²) in [6.45, 7) is 0.640. The minimum atomic E-state index is -0.587. The van der Waals surface area contributed by atoms with Gasteiger partial charge in [0.2, 0.25) is 5.91 Å². The molecule has 1 saturated heterocycles. The van der Waals surface area contributed by atoms with E-state index in [4.69, 9.17) is 5.73 Å². The van der Waals surface area contributed by atoms with Gasteiger partial charge < -0.3 is 10.6 Å². The molecule has 2 aromatic heterocycles. The Morgan fingerprint density at radius 1 is 1.32 bits per heavy atom. The van der Waals surface area contributed by atoms with Crippen molar-refractivity contribution in [3.05, 3.63) is 53.2 Å². The molecular weight excluding hydrogens is 328 g/mol. The van der Waals surface area contributed by atoms with Gasteiger partial charge in [0.1, 0.15) is 11.6 Å². The molecule has 1 aliphatic heterocycles. The number of amides is 1. The maximum atomic E-state index is 14.2. The molecule has 3 N–H and O–H groups in total. The Morgan fingerprint density at radius 2 is 2.16 bits per heavy atom. The maximum Gasteiger partial charge on any atom is 0.250 e. The summed E-state index contributed by atoms with van der Waals surface area (Å²) in [7, 11) is 0. The Balaban J connectivity index is 1.80. The van der Waals surface area contributed by atoms with Crippen LogP contribution in [0.25, 0.3) is 11.0 Å². The monoisotopic (exact) mass is 343 g/mol. The van der Waals surface area contributed by atoms with Crippen molar-refractivity contribution in [1.29, 1.82) is 0 Å². The second kappa shape index (κ2) is 5.80. The van der Waals surface area contributed by atoms with Crippen LogP contribution in [-0.2, 0) is 0 Å². The largest absolute Gasteiger partial charge is 0.366 e. The third-order valence-electron chi connectivity index (χ3n) is 4.52. The van der Waals surface area contributed by atoms with E-state index in [0.717, 1.165) is 18.6 Å². The molecule has 0 bridgehead atoms. The zero-order valence-corrected chi connectivity index (χ0v) is 13.2. The Morgan fingerprint density at radius 3 is 2.96 bits per heavy atom. The first-order chi connectivity index (χ1) is 12.0. The van der Waals surface area contributed by atoms with Gasteiger partial charge in [0.25, 0.3) is 0 Å². The van der Waals surface area contributed by atoms with Crippen LogP contribution in [0.2, 0.25) is 0 Å². The van der Waals surface area contributed by atoms with Crippen molar-refractivity contribution in [3.63, 3.8) is 0 Å². The van der Waals surface area contributed by atoms with Crippen LogP contribution in [0.4, 0.5) is 14.6 Å². The summed E-state index contributed by atoms with van der Waals surface area (Å²) in [6.07, 6.45) is 2.87. The Hall–Kier alpha value is -3.03. The van der Waals surface area contributed by atoms with Crippen molar-refractivity contribution >= 4 is 22.8 Å². The van der Waals surface area contributed by atoms with E-state index in [1.165, 1.54) is 12.3 Å². The van der Waals surface area contributed by atoms with Gasteiger partial charge in [-0.3, -0.25) is 9.89 Å². The number of nitrogens with one attached hydrogen (secondary N) is 1. The Labute approximate surface area is 141 Å². The van der Waals surface area contributed by atoms with E-state index >= 15 is 0 Å². The number of aromatic nitrogens is 3. The Bertz CT molecular complexity index is 971. The van der Waals surface area contributed by atoms with Crippen molar-refractivity contribution in [2.24, 2.45) is 5.73 Å². The van der Waals surface area contributed by atoms with Crippen LogP contribution in [0.3, 0.4) is 0 Å². The van der Waals surface area contributed by atoms with Crippen LogP contribution in [0.15, 0.2) is 30.5 Å². The standard InChI is InChI=1S/C17H15F2N5O/c18-10-3-4-13(19)11(7-10)14-2-1-5-24(14)17-12-6-9(15(20)25)8-21-16(12)22-23-17/h3-4,6-8,14H,1-2,5H2,(H2,20,25)(H,21,22,23). The van der Waals surface area contributed by atoms with Gasteiger partial charge in [-0.25, -0.2) is 13.8 Å². The Kier molecular flexibility index (Phi) is 3.60. The second-order valence-corrected chi connectivity index (χ2v) is 6.05. The SMILES string of the molecule is NC(=O)c1cnc2[nH]nc(N3CCCC3c3cc(F)ccc3F)c2c1. The molecule has 0 aliphatic carbocycles. The van der Waals surface area contributed by atoms with Gasteiger partial charge in [-0.2, -0.15) is 5.10 Å². The van der Waals surface area contributed by atoms with Crippen LogP contribution in [0.1, 0.15) is 34.8 Å². The van der Waals surface area contributed by atoms with Crippen LogP contribution in [0, 0.1) is 11.6 Å². The third kappa shape index (κ3) is 2.59. The lowest BCUT2D eigenvalue weighted by atomic mass is 10.0. The fourth-order valence-corrected chi connectivity index (χ4v) is 3.36. The van der Waals surface area contributed by atoms with Crippen molar-refractivity contribution in [2.45, 2.75) is 18.9 Å². The number of carbonyl (C=O) groups is 1. The molecule has 0 saturated carbocycles. The number of hydrogen-bond donors (Lipinski definition) is 2. The van der Waals surface area contributed by atoms with E-state index in [-0.39, 0.29) is 11.6 Å². The zero-order chi connectivity index (χ0) is 17.6. The first-order valence-corrected chi connectivity index (χ1v) is 7.90. The summed E-state index contributed by atoms with van der Waals surface area (Å²) < 4.78 is 27.8. The van der Waals surface area contributed by atoms with Crippen LogP contribution in [-0.4, -0.2) is 27.6 Å². The normalized spacial score (nSPS) is 17.4. The lowest BCUT2D eigenvalue weighted by Gasteiger charge is -2.25. The molecule has 128 valence electrons. The van der Waals surface area contributed by atoms with E-state index in [1.54, 1.807) is 6.07 Å². The second-order valence-electron chi connectivity index (χ2n) is 6.05. The third-order valence-corrected chi connectivity index (χ3v) is 4.52. The number of primary amides is 1. The predicted molar refractivity (Wildman–Crippen MR) is 88.1 cm³/mol. The molecule has 4 rings (SSSR count). The van der Waals surface area contributed by atoms with Crippen LogP contribution in [0.5, 0.6) is 0 Å². The highest BCUT2D eigenvalue weighted by Crippen LogP contribution is 2.39. The molecule has 1 unspecified atom stereocenters. The van der Waals surface area contributed by atoms with E-state index < -0.39 is 17.5 Å². The summed E-state index contributed by atoms with van der Waals surface area (Å²) in [5.74, 6) is -0.964. The summed E-state index contributed by atoms with van der Waals surface area (Å²) in [5, 5.41) is 7.71. The number of aromatic amines is 1. The van der Waals surface area contributed by atoms with E-state index in [9.17, 15) is 13.6 Å². The van der Waals surface area contributed by atoms with Crippen molar-refractivity contribution < 1.29 is 13.6 Å². The van der Waals surface area contributed by atoms with Gasteiger partial charge in [0.05, 0.1) is 17.0 Å². The molecule has 1 fully saturated rings. The number of benzene rings is 1. The fraction of sp³-hybridized carbons (Fsp3) is 0.235. The predicted octanol–water partition coefficient (Wildman–Crippen LogP) is 2.68. The molecule has 3 heterocycles. The van der Waals surface area contributed by atoms with Crippen molar-refractivity contribution in [3.8, 4) is 0 Å². The van der Waals surface area contributed by atoms with Crippen molar-refractivity contribution in [1.82, 2.24) is 15.2 Å². The number of hydrogen-bond acceptors (Lipinski definition) is 4. The molecule has 8 heteroatoms. The smallest absolute Gasteiger partial charge is 0.250 e. The van der Waals surface area contributed by atoms with Crippen LogP contribution >= 0.6 is 0 Å². The molecule has 1 amide bonds. The number of pyridine rings is 1. The lowest BCUT2D eigenvalue weighted by Crippen LogP contribution is -2.24. The highest BCUT2D eigenvalue weighted by Gasteiger charge is 2.31. The number of carbonyl (C=O) groups excluding carboxylic acids is 1. The topological polar surface area (TPSA) is 87.9 Å². The van der Waals surface area contributed by atoms with Crippen LogP contribution < -0.4 is 10.6 Å². The molecule has 1 aliphatic rings. The number of halogens is 2. The average Bonchev–Trinajstić information content (AvgIpc) is 3.22. The fourth-order valence-electron chi connectivity index (χ4n) is 3.36. The molecule has 0 spiro atoms. The van der Waals surface area contributed by atoms with Gasteiger partial charge in [0.15, 0.2) is 11.5 Å². The summed E-state index contributed by atoms with van der Waals surface area (Å²) in [4.78, 5) is 17.5. The molecular formula is C17H15F2N5O. The quantitative estimate of drug-likeness (QED) is 0.765. The number of rotatable bonds is 3. The van der Waals surface area contributed by atoms with Gasteiger partial charge in [-0.15, -0.1) is 0 Å². The molecule has 1 aromatic carbocycles. The number of nitrogens with zero attached hydrogens (tertiary/aromatic N) is 3. The number of anilines is 1. The van der Waals surface area contributed by atoms with Gasteiger partial charge in [-0.05, 0) is 37.1 Å². The lowest BCUT2D eigenvalue weighted by molar-refractivity contribution is 0.1000. The number of H-pyrrole nitrogens is 1. The number of fused-ring (bicyclic) bond motifs is 1. The maximum absolute atomic E-state index is 14.2. The minimum absolute atomic E-state index is 0.267. The minimum Gasteiger partial charge on any atom is -0.366 e. The highest BCUT2D eigenvalue weighted by atomic mass is 19.1. The number of nitrogens with two attached hydrogens (primary N) is 1. The van der Waals surface area contributed by atoms with Gasteiger partial charge in [0, 0.05) is 18.3 Å². The summed E-state index contributed by atoms with van der Waals surface area (Å²) in [6, 6.07) is 4.74. The first kappa shape index (κ1) is 15.5. The summed E-state index contributed by atoms with van der Waals surface area (Å²) in [5.41, 5.74) is 6.39. The molecule has 6 nitrogen and oxygen atoms in total. The molecule has 3 aromatic rings. The zero-order valence-electron chi connectivity index (χ0n) is 13.2. The average molecular weight is 343 g/mol. The first-order valence-electron chi connectivity index (χ1n) is 7.90. The van der Waals surface area contributed by atoms with Gasteiger partial charge >= 0.3 is 0 Å². The van der Waals surface area contributed by atoms with E-state index in [1.807, 2.05) is 4.90 Å². The molecule has 0 radical (unpaired) electrons. The van der Waals surface area contributed by atoms with Gasteiger partial charge in [-0.1, -0.05) is 0 Å². The summed E-state index contributed by atoms with van der Waals surface area (Å²) >= 11 is 0. The molecule has 25 heavy (non-hydrogen) atoms.